The van der Waals surface area contributed by atoms with Gasteiger partial charge in [0.25, 0.3) is 5.91 Å². The first-order valence-corrected chi connectivity index (χ1v) is 8.58. The van der Waals surface area contributed by atoms with Crippen LogP contribution in [0.3, 0.4) is 0 Å². The number of ether oxygens (including phenoxy) is 1. The van der Waals surface area contributed by atoms with Gasteiger partial charge in [-0.3, -0.25) is 4.79 Å². The molecule has 0 spiro atoms. The predicted octanol–water partition coefficient (Wildman–Crippen LogP) is 1.52. The third kappa shape index (κ3) is 5.98. The first kappa shape index (κ1) is 19.6. The van der Waals surface area contributed by atoms with Crippen LogP contribution in [-0.2, 0) is 24.3 Å². The standard InChI is InChI=1S/C16H20N2O5S/c1-4-5-6-7-16(20)23-11-15(19)18-13-9-8-12(2)14(10-13)24(21,22)17-3/h4-10,17H,11H2,1-3H3,(H,18,19)/b5-4+,7-6+. The summed E-state index contributed by atoms with van der Waals surface area (Å²) in [7, 11) is -2.32. The Kier molecular flexibility index (Phi) is 7.34. The van der Waals surface area contributed by atoms with Crippen LogP contribution in [0.2, 0.25) is 0 Å². The number of hydrogen-bond acceptors (Lipinski definition) is 5. The van der Waals surface area contributed by atoms with Crippen molar-refractivity contribution in [1.82, 2.24) is 4.72 Å². The van der Waals surface area contributed by atoms with Crippen molar-refractivity contribution < 1.29 is 22.7 Å². The van der Waals surface area contributed by atoms with E-state index in [9.17, 15) is 18.0 Å². The van der Waals surface area contributed by atoms with E-state index < -0.39 is 28.5 Å². The van der Waals surface area contributed by atoms with Crippen LogP contribution in [-0.4, -0.2) is 33.9 Å². The monoisotopic (exact) mass is 352 g/mol. The summed E-state index contributed by atoms with van der Waals surface area (Å²) in [6.07, 6.45) is 6.08. The molecule has 1 aromatic carbocycles. The van der Waals surface area contributed by atoms with Crippen molar-refractivity contribution >= 4 is 27.6 Å². The van der Waals surface area contributed by atoms with Crippen LogP contribution in [0, 0.1) is 6.92 Å². The number of carbonyl (C=O) groups is 2. The van der Waals surface area contributed by atoms with Crippen molar-refractivity contribution in [3.8, 4) is 0 Å². The number of esters is 1. The minimum atomic E-state index is -3.63. The van der Waals surface area contributed by atoms with E-state index in [0.717, 1.165) is 0 Å². The Labute approximate surface area is 141 Å². The zero-order valence-electron chi connectivity index (χ0n) is 13.7. The average molecular weight is 352 g/mol. The van der Waals surface area contributed by atoms with Gasteiger partial charge < -0.3 is 10.1 Å². The Morgan fingerprint density at radius 1 is 1.25 bits per heavy atom. The van der Waals surface area contributed by atoms with E-state index in [4.69, 9.17) is 4.74 Å². The topological polar surface area (TPSA) is 102 Å². The Bertz CT molecular complexity index is 767. The molecule has 1 amide bonds. The van der Waals surface area contributed by atoms with Crippen molar-refractivity contribution in [2.24, 2.45) is 0 Å². The minimum absolute atomic E-state index is 0.0640. The normalized spacial score (nSPS) is 11.8. The Balaban J connectivity index is 2.71. The maximum atomic E-state index is 11.9. The minimum Gasteiger partial charge on any atom is -0.452 e. The van der Waals surface area contributed by atoms with Crippen LogP contribution in [0.15, 0.2) is 47.4 Å². The highest BCUT2D eigenvalue weighted by molar-refractivity contribution is 7.89. The lowest BCUT2D eigenvalue weighted by atomic mass is 10.2. The number of benzene rings is 1. The molecule has 0 aliphatic rings. The number of sulfonamides is 1. The maximum absolute atomic E-state index is 11.9. The quantitative estimate of drug-likeness (QED) is 0.440. The molecular weight excluding hydrogens is 332 g/mol. The van der Waals surface area contributed by atoms with Crippen LogP contribution < -0.4 is 10.0 Å². The van der Waals surface area contributed by atoms with Gasteiger partial charge in [0.1, 0.15) is 0 Å². The van der Waals surface area contributed by atoms with E-state index in [1.807, 2.05) is 0 Å². The fourth-order valence-electron chi connectivity index (χ4n) is 1.70. The summed E-state index contributed by atoms with van der Waals surface area (Å²) < 4.78 is 30.8. The second kappa shape index (κ2) is 8.99. The summed E-state index contributed by atoms with van der Waals surface area (Å²) in [5, 5.41) is 2.48. The Morgan fingerprint density at radius 2 is 1.96 bits per heavy atom. The summed E-state index contributed by atoms with van der Waals surface area (Å²) in [5.74, 6) is -1.22. The summed E-state index contributed by atoms with van der Waals surface area (Å²) in [4.78, 5) is 23.2. The number of aryl methyl sites for hydroxylation is 1. The molecule has 130 valence electrons. The Hall–Kier alpha value is -2.45. The molecule has 24 heavy (non-hydrogen) atoms. The summed E-state index contributed by atoms with van der Waals surface area (Å²) >= 11 is 0. The lowest BCUT2D eigenvalue weighted by Crippen LogP contribution is -2.22. The molecule has 0 aromatic heterocycles. The van der Waals surface area contributed by atoms with Gasteiger partial charge in [-0.05, 0) is 38.6 Å². The lowest BCUT2D eigenvalue weighted by molar-refractivity contribution is -0.142. The molecule has 0 saturated heterocycles. The van der Waals surface area contributed by atoms with Crippen molar-refractivity contribution in [2.45, 2.75) is 18.7 Å². The number of rotatable bonds is 7. The molecule has 0 radical (unpaired) electrons. The molecule has 0 atom stereocenters. The SMILES string of the molecule is C/C=C/C=C/C(=O)OCC(=O)Nc1ccc(C)c(S(=O)(=O)NC)c1. The molecule has 0 heterocycles. The molecule has 0 aliphatic carbocycles. The molecule has 2 N–H and O–H groups in total. The van der Waals surface area contributed by atoms with E-state index in [2.05, 4.69) is 10.0 Å². The van der Waals surface area contributed by atoms with Crippen LogP contribution in [0.5, 0.6) is 0 Å². The van der Waals surface area contributed by atoms with Gasteiger partial charge in [0.2, 0.25) is 10.0 Å². The first-order valence-electron chi connectivity index (χ1n) is 7.10. The van der Waals surface area contributed by atoms with Crippen molar-refractivity contribution in [1.29, 1.82) is 0 Å². The number of hydrogen-bond donors (Lipinski definition) is 2. The van der Waals surface area contributed by atoms with E-state index in [-0.39, 0.29) is 4.90 Å². The summed E-state index contributed by atoms with van der Waals surface area (Å²) in [6, 6.07) is 4.48. The van der Waals surface area contributed by atoms with Crippen LogP contribution in [0.4, 0.5) is 5.69 Å². The number of anilines is 1. The van der Waals surface area contributed by atoms with E-state index in [1.165, 1.54) is 25.3 Å². The van der Waals surface area contributed by atoms with Crippen molar-refractivity contribution in [2.75, 3.05) is 19.0 Å². The van der Waals surface area contributed by atoms with Gasteiger partial charge >= 0.3 is 5.97 Å². The molecule has 7 nitrogen and oxygen atoms in total. The molecule has 0 fully saturated rings. The zero-order chi connectivity index (χ0) is 18.2. The van der Waals surface area contributed by atoms with Gasteiger partial charge in [-0.25, -0.2) is 17.9 Å². The molecule has 0 aliphatic heterocycles. The van der Waals surface area contributed by atoms with E-state index in [1.54, 1.807) is 38.1 Å². The second-order valence-corrected chi connectivity index (χ2v) is 6.58. The number of amides is 1. The third-order valence-corrected chi connectivity index (χ3v) is 4.47. The largest absolute Gasteiger partial charge is 0.452 e. The highest BCUT2D eigenvalue weighted by Crippen LogP contribution is 2.19. The number of nitrogens with one attached hydrogen (secondary N) is 2. The van der Waals surface area contributed by atoms with Gasteiger partial charge in [0.15, 0.2) is 6.61 Å². The fourth-order valence-corrected chi connectivity index (χ4v) is 2.70. The third-order valence-electron chi connectivity index (χ3n) is 2.91. The summed E-state index contributed by atoms with van der Waals surface area (Å²) in [6.45, 7) is 2.98. The molecular formula is C16H20N2O5S. The zero-order valence-corrected chi connectivity index (χ0v) is 14.5. The van der Waals surface area contributed by atoms with E-state index in [0.29, 0.717) is 11.3 Å². The highest BCUT2D eigenvalue weighted by Gasteiger charge is 2.16. The summed E-state index contributed by atoms with van der Waals surface area (Å²) in [5.41, 5.74) is 0.836. The molecule has 0 bridgehead atoms. The molecule has 1 aromatic rings. The van der Waals surface area contributed by atoms with Gasteiger partial charge in [-0.15, -0.1) is 0 Å². The maximum Gasteiger partial charge on any atom is 0.331 e. The highest BCUT2D eigenvalue weighted by atomic mass is 32.2. The van der Waals surface area contributed by atoms with Crippen LogP contribution >= 0.6 is 0 Å². The first-order chi connectivity index (χ1) is 11.3. The van der Waals surface area contributed by atoms with Gasteiger partial charge in [-0.1, -0.05) is 24.3 Å². The molecule has 0 saturated carbocycles. The van der Waals surface area contributed by atoms with Gasteiger partial charge in [0.05, 0.1) is 4.90 Å². The fraction of sp³-hybridized carbons (Fsp3) is 0.250. The van der Waals surface area contributed by atoms with E-state index >= 15 is 0 Å². The lowest BCUT2D eigenvalue weighted by Gasteiger charge is -2.10. The van der Waals surface area contributed by atoms with Gasteiger partial charge in [0, 0.05) is 11.8 Å². The molecule has 8 heteroatoms. The predicted molar refractivity (Wildman–Crippen MR) is 91.0 cm³/mol. The average Bonchev–Trinajstić information content (AvgIpc) is 2.55. The van der Waals surface area contributed by atoms with Crippen molar-refractivity contribution in [3.63, 3.8) is 0 Å². The second-order valence-electron chi connectivity index (χ2n) is 4.73. The smallest absolute Gasteiger partial charge is 0.331 e. The number of carbonyl (C=O) groups excluding carboxylic acids is 2. The van der Waals surface area contributed by atoms with Gasteiger partial charge in [-0.2, -0.15) is 0 Å². The molecule has 1 rings (SSSR count). The Morgan fingerprint density at radius 3 is 2.58 bits per heavy atom. The van der Waals surface area contributed by atoms with Crippen molar-refractivity contribution in [3.05, 3.63) is 48.1 Å². The van der Waals surface area contributed by atoms with Crippen LogP contribution in [0.25, 0.3) is 0 Å². The number of allylic oxidation sites excluding steroid dienone is 3. The molecule has 0 unspecified atom stereocenters. The van der Waals surface area contributed by atoms with Crippen LogP contribution in [0.1, 0.15) is 12.5 Å².